The number of sulfonamides is 1. The Morgan fingerprint density at radius 3 is 2.95 bits per heavy atom. The van der Waals surface area contributed by atoms with Gasteiger partial charge in [0.05, 0.1) is 0 Å². The monoisotopic (exact) mass is 345 g/mol. The molecule has 2 aromatic rings. The van der Waals surface area contributed by atoms with Crippen LogP contribution in [0.25, 0.3) is 11.0 Å². The average Bonchev–Trinajstić information content (AvgIpc) is 2.89. The molecule has 0 amide bonds. The molecule has 3 rings (SSSR count). The van der Waals surface area contributed by atoms with Gasteiger partial charge in [0.1, 0.15) is 11.4 Å². The van der Waals surface area contributed by atoms with Gasteiger partial charge in [0.15, 0.2) is 5.58 Å². The van der Waals surface area contributed by atoms with E-state index >= 15 is 0 Å². The maximum Gasteiger partial charge on any atom is 0.217 e. The van der Waals surface area contributed by atoms with Crippen LogP contribution in [0.1, 0.15) is 18.5 Å². The zero-order chi connectivity index (χ0) is 14.7. The number of hydrogen-bond donors (Lipinski definition) is 2. The van der Waals surface area contributed by atoms with Crippen LogP contribution >= 0.6 is 12.4 Å². The van der Waals surface area contributed by atoms with Gasteiger partial charge in [0, 0.05) is 11.9 Å². The number of fused-ring (bicyclic) bond motifs is 1. The molecule has 2 heterocycles. The van der Waals surface area contributed by atoms with Crippen LogP contribution in [0.15, 0.2) is 28.8 Å². The van der Waals surface area contributed by atoms with E-state index in [1.165, 1.54) is 0 Å². The highest BCUT2D eigenvalue weighted by molar-refractivity contribution is 7.88. The van der Waals surface area contributed by atoms with E-state index in [9.17, 15) is 8.42 Å². The van der Waals surface area contributed by atoms with E-state index in [2.05, 4.69) is 15.2 Å². The number of hydrogen-bond acceptors (Lipinski definition) is 5. The first-order valence-corrected chi connectivity index (χ1v) is 8.81. The zero-order valence-corrected chi connectivity index (χ0v) is 13.8. The summed E-state index contributed by atoms with van der Waals surface area (Å²) in [6.07, 6.45) is 2.16. The summed E-state index contributed by atoms with van der Waals surface area (Å²) >= 11 is 0. The maximum absolute atomic E-state index is 12.2. The van der Waals surface area contributed by atoms with Crippen molar-refractivity contribution < 1.29 is 12.9 Å². The Bertz CT molecular complexity index is 711. The summed E-state index contributed by atoms with van der Waals surface area (Å²) in [6, 6.07) is 7.28. The van der Waals surface area contributed by atoms with Gasteiger partial charge in [-0.05, 0) is 44.0 Å². The normalized spacial score (nSPS) is 19.0. The summed E-state index contributed by atoms with van der Waals surface area (Å²) in [5.41, 5.74) is 1.07. The second-order valence-corrected chi connectivity index (χ2v) is 7.25. The van der Waals surface area contributed by atoms with E-state index in [0.29, 0.717) is 23.7 Å². The summed E-state index contributed by atoms with van der Waals surface area (Å²) < 4.78 is 32.2. The molecule has 1 aliphatic heterocycles. The molecule has 1 saturated heterocycles. The lowest BCUT2D eigenvalue weighted by Crippen LogP contribution is -2.38. The predicted molar refractivity (Wildman–Crippen MR) is 87.5 cm³/mol. The highest BCUT2D eigenvalue weighted by Gasteiger charge is 2.20. The van der Waals surface area contributed by atoms with Gasteiger partial charge in [-0.15, -0.1) is 12.4 Å². The fourth-order valence-electron chi connectivity index (χ4n) is 2.62. The van der Waals surface area contributed by atoms with Gasteiger partial charge in [-0.2, -0.15) is 0 Å². The van der Waals surface area contributed by atoms with Crippen molar-refractivity contribution >= 4 is 33.4 Å². The van der Waals surface area contributed by atoms with Crippen molar-refractivity contribution in [2.75, 3.05) is 19.6 Å². The molecule has 22 heavy (non-hydrogen) atoms. The smallest absolute Gasteiger partial charge is 0.217 e. The Hall–Kier alpha value is -1.15. The molecule has 1 aromatic carbocycles. The third-order valence-corrected chi connectivity index (χ3v) is 5.03. The second kappa shape index (κ2) is 7.41. The second-order valence-electron chi connectivity index (χ2n) is 5.45. The first-order valence-electron chi connectivity index (χ1n) is 7.15. The highest BCUT2D eigenvalue weighted by atomic mass is 35.5. The van der Waals surface area contributed by atoms with Crippen LogP contribution in [0, 0.1) is 5.92 Å². The van der Waals surface area contributed by atoms with E-state index in [1.54, 1.807) is 6.07 Å². The minimum Gasteiger partial charge on any atom is -0.356 e. The molecule has 2 N–H and O–H groups in total. The number of nitrogens with one attached hydrogen (secondary N) is 2. The minimum absolute atomic E-state index is 0. The summed E-state index contributed by atoms with van der Waals surface area (Å²) in [5.74, 6) is 0.215. The number of benzene rings is 1. The van der Waals surface area contributed by atoms with Crippen LogP contribution in [0.4, 0.5) is 0 Å². The summed E-state index contributed by atoms with van der Waals surface area (Å²) in [4.78, 5) is 0. The number of para-hydroxylation sites is 1. The summed E-state index contributed by atoms with van der Waals surface area (Å²) in [6.45, 7) is 2.37. The Balaban J connectivity index is 0.00000176. The molecule has 8 heteroatoms. The molecule has 122 valence electrons. The average molecular weight is 346 g/mol. The third kappa shape index (κ3) is 4.19. The van der Waals surface area contributed by atoms with Crippen molar-refractivity contribution in [3.63, 3.8) is 0 Å². The van der Waals surface area contributed by atoms with Gasteiger partial charge in [-0.25, -0.2) is 13.1 Å². The van der Waals surface area contributed by atoms with E-state index in [0.717, 1.165) is 31.3 Å². The topological polar surface area (TPSA) is 84.2 Å². The molecule has 1 aromatic heterocycles. The lowest BCUT2D eigenvalue weighted by atomic mass is 10.0. The van der Waals surface area contributed by atoms with E-state index in [1.807, 2.05) is 18.2 Å². The molecule has 1 atom stereocenters. The molecule has 0 radical (unpaired) electrons. The molecule has 0 spiro atoms. The van der Waals surface area contributed by atoms with Gasteiger partial charge in [-0.3, -0.25) is 0 Å². The van der Waals surface area contributed by atoms with Gasteiger partial charge in [0.25, 0.3) is 0 Å². The largest absolute Gasteiger partial charge is 0.356 e. The number of halogens is 1. The van der Waals surface area contributed by atoms with E-state index < -0.39 is 10.0 Å². The predicted octanol–water partition coefficient (Wildman–Crippen LogP) is 1.67. The van der Waals surface area contributed by atoms with Crippen LogP contribution in [-0.4, -0.2) is 33.2 Å². The molecular formula is C14H20ClN3O3S. The Kier molecular flexibility index (Phi) is 5.80. The molecular weight excluding hydrogens is 326 g/mol. The van der Waals surface area contributed by atoms with Crippen molar-refractivity contribution in [1.82, 2.24) is 15.2 Å². The van der Waals surface area contributed by atoms with Crippen LogP contribution < -0.4 is 10.0 Å². The minimum atomic E-state index is -3.40. The Morgan fingerprint density at radius 2 is 2.18 bits per heavy atom. The molecule has 0 bridgehead atoms. The number of piperidine rings is 1. The molecule has 1 aliphatic rings. The third-order valence-electron chi connectivity index (χ3n) is 3.77. The Labute approximate surface area is 136 Å². The molecule has 0 saturated carbocycles. The van der Waals surface area contributed by atoms with E-state index in [-0.39, 0.29) is 18.2 Å². The highest BCUT2D eigenvalue weighted by Crippen LogP contribution is 2.19. The molecule has 0 aliphatic carbocycles. The zero-order valence-electron chi connectivity index (χ0n) is 12.1. The fourth-order valence-corrected chi connectivity index (χ4v) is 3.78. The SMILES string of the molecule is Cl.O=S(=O)(Cc1noc2ccccc12)NCC1CCCNC1. The quantitative estimate of drug-likeness (QED) is 0.861. The van der Waals surface area contributed by atoms with Crippen molar-refractivity contribution in [1.29, 1.82) is 0 Å². The first-order chi connectivity index (χ1) is 10.1. The lowest BCUT2D eigenvalue weighted by Gasteiger charge is -2.22. The number of rotatable bonds is 5. The Morgan fingerprint density at radius 1 is 1.36 bits per heavy atom. The van der Waals surface area contributed by atoms with Gasteiger partial charge >= 0.3 is 0 Å². The van der Waals surface area contributed by atoms with Crippen molar-refractivity contribution in [3.8, 4) is 0 Å². The van der Waals surface area contributed by atoms with Crippen LogP contribution in [0.2, 0.25) is 0 Å². The van der Waals surface area contributed by atoms with Crippen molar-refractivity contribution in [2.45, 2.75) is 18.6 Å². The maximum atomic E-state index is 12.2. The van der Waals surface area contributed by atoms with Crippen LogP contribution in [0.3, 0.4) is 0 Å². The number of aromatic nitrogens is 1. The van der Waals surface area contributed by atoms with Gasteiger partial charge < -0.3 is 9.84 Å². The van der Waals surface area contributed by atoms with E-state index in [4.69, 9.17) is 4.52 Å². The lowest BCUT2D eigenvalue weighted by molar-refractivity contribution is 0.375. The summed E-state index contributed by atoms with van der Waals surface area (Å²) in [7, 11) is -3.40. The van der Waals surface area contributed by atoms with Gasteiger partial charge in [0.2, 0.25) is 10.0 Å². The van der Waals surface area contributed by atoms with Crippen molar-refractivity contribution in [2.24, 2.45) is 5.92 Å². The van der Waals surface area contributed by atoms with Crippen molar-refractivity contribution in [3.05, 3.63) is 30.0 Å². The van der Waals surface area contributed by atoms with Crippen LogP contribution in [-0.2, 0) is 15.8 Å². The van der Waals surface area contributed by atoms with Gasteiger partial charge in [-0.1, -0.05) is 17.3 Å². The molecule has 1 unspecified atom stereocenters. The standard InChI is InChI=1S/C14H19N3O3S.ClH/c18-21(19,16-9-11-4-3-7-15-8-11)10-13-12-5-1-2-6-14(12)20-17-13;/h1-2,5-6,11,15-16H,3-4,7-10H2;1H. The van der Waals surface area contributed by atoms with Crippen LogP contribution in [0.5, 0.6) is 0 Å². The number of nitrogens with zero attached hydrogens (tertiary/aromatic N) is 1. The summed E-state index contributed by atoms with van der Waals surface area (Å²) in [5, 5.41) is 7.90. The molecule has 1 fully saturated rings. The first kappa shape index (κ1) is 17.2. The molecule has 6 nitrogen and oxygen atoms in total. The fraction of sp³-hybridized carbons (Fsp3) is 0.500.